The van der Waals surface area contributed by atoms with Gasteiger partial charge in [-0.2, -0.15) is 0 Å². The highest BCUT2D eigenvalue weighted by atomic mass is 35.5. The molecule has 1 fully saturated rings. The second-order valence-corrected chi connectivity index (χ2v) is 4.43. The van der Waals surface area contributed by atoms with Gasteiger partial charge in [-0.25, -0.2) is 0 Å². The summed E-state index contributed by atoms with van der Waals surface area (Å²) in [5.74, 6) is 0. The van der Waals surface area contributed by atoms with E-state index in [0.717, 1.165) is 36.6 Å². The molecule has 0 spiro atoms. The van der Waals surface area contributed by atoms with Crippen LogP contribution in [0.25, 0.3) is 0 Å². The summed E-state index contributed by atoms with van der Waals surface area (Å²) in [4.78, 5) is 0. The zero-order valence-corrected chi connectivity index (χ0v) is 10.5. The van der Waals surface area contributed by atoms with Crippen molar-refractivity contribution in [3.63, 3.8) is 0 Å². The monoisotopic (exact) mass is 256 g/mol. The molecule has 1 aliphatic rings. The molecular formula is C13H17ClO3. The zero-order valence-electron chi connectivity index (χ0n) is 9.73. The smallest absolute Gasteiger partial charge is 0.159 e. The molecule has 17 heavy (non-hydrogen) atoms. The van der Waals surface area contributed by atoms with Crippen LogP contribution < -0.4 is 0 Å². The van der Waals surface area contributed by atoms with Gasteiger partial charge in [0.25, 0.3) is 0 Å². The van der Waals surface area contributed by atoms with Crippen LogP contribution >= 0.6 is 11.6 Å². The largest absolute Gasteiger partial charge is 0.377 e. The molecule has 0 saturated carbocycles. The average Bonchev–Trinajstić information content (AvgIpc) is 2.38. The molecule has 0 unspecified atom stereocenters. The molecule has 0 amide bonds. The third-order valence-electron chi connectivity index (χ3n) is 2.58. The van der Waals surface area contributed by atoms with E-state index in [2.05, 4.69) is 0 Å². The summed E-state index contributed by atoms with van der Waals surface area (Å²) in [5.41, 5.74) is 1.12. The van der Waals surface area contributed by atoms with Crippen molar-refractivity contribution in [2.45, 2.75) is 25.7 Å². The first-order valence-electron chi connectivity index (χ1n) is 5.90. The van der Waals surface area contributed by atoms with Crippen LogP contribution in [0.2, 0.25) is 5.02 Å². The van der Waals surface area contributed by atoms with E-state index in [1.54, 1.807) is 0 Å². The highest BCUT2D eigenvalue weighted by Gasteiger charge is 2.13. The predicted molar refractivity (Wildman–Crippen MR) is 66.0 cm³/mol. The number of hydrogen-bond donors (Lipinski definition) is 0. The summed E-state index contributed by atoms with van der Waals surface area (Å²) in [6.45, 7) is 2.83. The fraction of sp³-hybridized carbons (Fsp3) is 0.538. The van der Waals surface area contributed by atoms with Crippen LogP contribution in [0.15, 0.2) is 24.3 Å². The maximum Gasteiger partial charge on any atom is 0.159 e. The second-order valence-electron chi connectivity index (χ2n) is 3.99. The Balaban J connectivity index is 1.60. The fourth-order valence-electron chi connectivity index (χ4n) is 1.65. The molecule has 3 nitrogen and oxygen atoms in total. The molecule has 4 heteroatoms. The lowest BCUT2D eigenvalue weighted by molar-refractivity contribution is -0.186. The summed E-state index contributed by atoms with van der Waals surface area (Å²) < 4.78 is 16.4. The van der Waals surface area contributed by atoms with E-state index >= 15 is 0 Å². The molecule has 1 saturated heterocycles. The molecule has 0 atom stereocenters. The molecule has 0 bridgehead atoms. The van der Waals surface area contributed by atoms with Crippen molar-refractivity contribution in [2.24, 2.45) is 0 Å². The number of halogens is 1. The first-order valence-corrected chi connectivity index (χ1v) is 6.28. The second kappa shape index (κ2) is 6.97. The molecule has 0 radical (unpaired) electrons. The van der Waals surface area contributed by atoms with Gasteiger partial charge in [0.05, 0.1) is 26.4 Å². The molecular weight excluding hydrogens is 240 g/mol. The summed E-state index contributed by atoms with van der Waals surface area (Å²) in [7, 11) is 0. The molecule has 0 aromatic heterocycles. The normalized spacial score (nSPS) is 17.2. The van der Waals surface area contributed by atoms with E-state index in [-0.39, 0.29) is 6.29 Å². The zero-order chi connectivity index (χ0) is 11.9. The third kappa shape index (κ3) is 4.64. The standard InChI is InChI=1S/C13H17ClO3/c14-12-4-2-11(3-5-12)10-15-9-6-13-16-7-1-8-17-13/h2-5,13H,1,6-10H2. The van der Waals surface area contributed by atoms with Gasteiger partial charge in [0.2, 0.25) is 0 Å². The topological polar surface area (TPSA) is 27.7 Å². The summed E-state index contributed by atoms with van der Waals surface area (Å²) in [6, 6.07) is 7.67. The summed E-state index contributed by atoms with van der Waals surface area (Å²) in [6.07, 6.45) is 1.68. The molecule has 0 aliphatic carbocycles. The quantitative estimate of drug-likeness (QED) is 0.758. The molecule has 0 N–H and O–H groups in total. The Morgan fingerprint density at radius 2 is 1.88 bits per heavy atom. The molecule has 94 valence electrons. The predicted octanol–water partition coefficient (Wildman–Crippen LogP) is 3.01. The van der Waals surface area contributed by atoms with Gasteiger partial charge < -0.3 is 14.2 Å². The summed E-state index contributed by atoms with van der Waals surface area (Å²) in [5, 5.41) is 0.748. The van der Waals surface area contributed by atoms with E-state index in [1.807, 2.05) is 24.3 Å². The Labute approximate surface area is 107 Å². The van der Waals surface area contributed by atoms with Crippen LogP contribution in [0.3, 0.4) is 0 Å². The minimum atomic E-state index is -0.0889. The number of rotatable bonds is 5. The van der Waals surface area contributed by atoms with Crippen LogP contribution in [-0.2, 0) is 20.8 Å². The van der Waals surface area contributed by atoms with Gasteiger partial charge in [-0.3, -0.25) is 0 Å². The van der Waals surface area contributed by atoms with Crippen LogP contribution in [-0.4, -0.2) is 26.1 Å². The average molecular weight is 257 g/mol. The minimum absolute atomic E-state index is 0.0889. The van der Waals surface area contributed by atoms with Gasteiger partial charge in [0, 0.05) is 11.4 Å². The molecule has 2 rings (SSSR count). The van der Waals surface area contributed by atoms with Crippen molar-refractivity contribution in [2.75, 3.05) is 19.8 Å². The fourth-order valence-corrected chi connectivity index (χ4v) is 1.78. The maximum absolute atomic E-state index is 5.80. The highest BCUT2D eigenvalue weighted by molar-refractivity contribution is 6.30. The third-order valence-corrected chi connectivity index (χ3v) is 2.83. The van der Waals surface area contributed by atoms with E-state index in [0.29, 0.717) is 13.2 Å². The van der Waals surface area contributed by atoms with Gasteiger partial charge in [-0.15, -0.1) is 0 Å². The first kappa shape index (κ1) is 12.8. The van der Waals surface area contributed by atoms with Gasteiger partial charge in [0.15, 0.2) is 6.29 Å². The maximum atomic E-state index is 5.80. The van der Waals surface area contributed by atoms with E-state index in [1.165, 1.54) is 0 Å². The van der Waals surface area contributed by atoms with E-state index < -0.39 is 0 Å². The Kier molecular flexibility index (Phi) is 5.26. The highest BCUT2D eigenvalue weighted by Crippen LogP contribution is 2.11. The van der Waals surface area contributed by atoms with Crippen molar-refractivity contribution < 1.29 is 14.2 Å². The lowest BCUT2D eigenvalue weighted by Crippen LogP contribution is -2.26. The van der Waals surface area contributed by atoms with E-state index in [9.17, 15) is 0 Å². The van der Waals surface area contributed by atoms with Crippen molar-refractivity contribution in [1.29, 1.82) is 0 Å². The Bertz CT molecular complexity index is 320. The lowest BCUT2D eigenvalue weighted by atomic mass is 10.2. The van der Waals surface area contributed by atoms with Crippen LogP contribution in [0, 0.1) is 0 Å². The first-order chi connectivity index (χ1) is 8.34. The van der Waals surface area contributed by atoms with Crippen molar-refractivity contribution >= 4 is 11.6 Å². The lowest BCUT2D eigenvalue weighted by Gasteiger charge is -2.22. The molecule has 1 aromatic rings. The molecule has 1 aliphatic heterocycles. The number of ether oxygens (including phenoxy) is 3. The molecule has 1 aromatic carbocycles. The molecule has 1 heterocycles. The van der Waals surface area contributed by atoms with Gasteiger partial charge in [-0.1, -0.05) is 23.7 Å². The van der Waals surface area contributed by atoms with E-state index in [4.69, 9.17) is 25.8 Å². The SMILES string of the molecule is Clc1ccc(COCCC2OCCCO2)cc1. The van der Waals surface area contributed by atoms with Crippen LogP contribution in [0.1, 0.15) is 18.4 Å². The van der Waals surface area contributed by atoms with Crippen molar-refractivity contribution in [1.82, 2.24) is 0 Å². The Morgan fingerprint density at radius 1 is 1.18 bits per heavy atom. The van der Waals surface area contributed by atoms with Crippen molar-refractivity contribution in [3.05, 3.63) is 34.9 Å². The number of hydrogen-bond acceptors (Lipinski definition) is 3. The van der Waals surface area contributed by atoms with Crippen LogP contribution in [0.5, 0.6) is 0 Å². The minimum Gasteiger partial charge on any atom is -0.377 e. The Morgan fingerprint density at radius 3 is 2.59 bits per heavy atom. The number of benzene rings is 1. The van der Waals surface area contributed by atoms with Crippen molar-refractivity contribution in [3.8, 4) is 0 Å². The van der Waals surface area contributed by atoms with Gasteiger partial charge >= 0.3 is 0 Å². The van der Waals surface area contributed by atoms with Gasteiger partial charge in [0.1, 0.15) is 0 Å². The van der Waals surface area contributed by atoms with Gasteiger partial charge in [-0.05, 0) is 24.1 Å². The summed E-state index contributed by atoms with van der Waals surface area (Å²) >= 11 is 5.80. The van der Waals surface area contributed by atoms with Crippen LogP contribution in [0.4, 0.5) is 0 Å². The Hall–Kier alpha value is -0.610.